The fourth-order valence-electron chi connectivity index (χ4n) is 1.37. The molecule has 0 unspecified atom stereocenters. The number of nitrogen functional groups attached to an aromatic ring is 1. The number of carbonyl (C=O) groups is 1. The Morgan fingerprint density at radius 3 is 2.89 bits per heavy atom. The van der Waals surface area contributed by atoms with E-state index in [1.807, 2.05) is 0 Å². The first-order valence-corrected chi connectivity index (χ1v) is 5.86. The van der Waals surface area contributed by atoms with Gasteiger partial charge in [-0.25, -0.2) is 8.78 Å². The third-order valence-electron chi connectivity index (χ3n) is 2.22. The molecule has 18 heavy (non-hydrogen) atoms. The summed E-state index contributed by atoms with van der Waals surface area (Å²) in [4.78, 5) is 16.3. The first-order valence-electron chi connectivity index (χ1n) is 4.98. The predicted octanol–water partition coefficient (Wildman–Crippen LogP) is 1.93. The van der Waals surface area contributed by atoms with Crippen LogP contribution in [0, 0.1) is 11.6 Å². The minimum Gasteiger partial charge on any atom is -0.396 e. The van der Waals surface area contributed by atoms with E-state index in [4.69, 9.17) is 5.73 Å². The van der Waals surface area contributed by atoms with Gasteiger partial charge in [0.1, 0.15) is 5.82 Å². The van der Waals surface area contributed by atoms with Crippen LogP contribution in [0.15, 0.2) is 23.8 Å². The summed E-state index contributed by atoms with van der Waals surface area (Å²) in [7, 11) is 0. The molecule has 1 amide bonds. The van der Waals surface area contributed by atoms with Gasteiger partial charge in [0, 0.05) is 11.1 Å². The van der Waals surface area contributed by atoms with Crippen molar-refractivity contribution >= 4 is 22.9 Å². The maximum atomic E-state index is 13.5. The number of amides is 1. The number of benzene rings is 1. The summed E-state index contributed by atoms with van der Waals surface area (Å²) in [5.41, 5.74) is 6.06. The second-order valence-electron chi connectivity index (χ2n) is 3.51. The Bertz CT molecular complexity index is 572. The molecular weight excluding hydrogens is 260 g/mol. The highest BCUT2D eigenvalue weighted by Crippen LogP contribution is 2.17. The van der Waals surface area contributed by atoms with E-state index in [9.17, 15) is 13.6 Å². The Morgan fingerprint density at radius 2 is 2.22 bits per heavy atom. The molecule has 0 saturated carbocycles. The first kappa shape index (κ1) is 12.4. The summed E-state index contributed by atoms with van der Waals surface area (Å²) >= 11 is 1.35. The molecule has 94 valence electrons. The molecule has 0 spiro atoms. The number of nitrogens with one attached hydrogen (secondary N) is 1. The molecule has 0 aliphatic rings. The number of nitrogens with zero attached hydrogens (tertiary/aromatic N) is 1. The van der Waals surface area contributed by atoms with Crippen LogP contribution in [0.25, 0.3) is 0 Å². The second-order valence-corrected chi connectivity index (χ2v) is 4.48. The molecule has 4 nitrogen and oxygen atoms in total. The number of halogens is 2. The monoisotopic (exact) mass is 269 g/mol. The predicted molar refractivity (Wildman–Crippen MR) is 64.1 cm³/mol. The molecule has 3 N–H and O–H groups in total. The number of anilines is 1. The number of carbonyl (C=O) groups excluding carboxylic acids is 1. The molecular formula is C11H9F2N3OS. The van der Waals surface area contributed by atoms with Gasteiger partial charge in [0.25, 0.3) is 5.91 Å². The molecule has 7 heteroatoms. The van der Waals surface area contributed by atoms with Gasteiger partial charge in [-0.05, 0) is 12.1 Å². The zero-order chi connectivity index (χ0) is 13.1. The third-order valence-corrected chi connectivity index (χ3v) is 3.00. The molecule has 0 fully saturated rings. The number of hydrogen-bond donors (Lipinski definition) is 2. The van der Waals surface area contributed by atoms with Gasteiger partial charge in [0.2, 0.25) is 0 Å². The summed E-state index contributed by atoms with van der Waals surface area (Å²) in [6, 6.07) is 1.64. The van der Waals surface area contributed by atoms with E-state index in [0.717, 1.165) is 17.0 Å². The van der Waals surface area contributed by atoms with Crippen LogP contribution in [0.1, 0.15) is 15.2 Å². The van der Waals surface area contributed by atoms with E-state index >= 15 is 0 Å². The number of thiazole rings is 1. The summed E-state index contributed by atoms with van der Waals surface area (Å²) < 4.78 is 26.6. The fraction of sp³-hybridized carbons (Fsp3) is 0.0909. The van der Waals surface area contributed by atoms with Crippen LogP contribution in [-0.2, 0) is 6.54 Å². The quantitative estimate of drug-likeness (QED) is 0.837. The standard InChI is InChI=1S/C11H9F2N3OS/c12-6-1-8(10(13)9(14)2-6)11(17)16-4-7-3-15-5-18-7/h1-3,5H,4,14H2,(H,16,17). The highest BCUT2D eigenvalue weighted by Gasteiger charge is 2.15. The Morgan fingerprint density at radius 1 is 1.44 bits per heavy atom. The summed E-state index contributed by atoms with van der Waals surface area (Å²) in [6.45, 7) is 0.208. The van der Waals surface area contributed by atoms with Crippen molar-refractivity contribution in [2.24, 2.45) is 0 Å². The van der Waals surface area contributed by atoms with Crippen LogP contribution < -0.4 is 11.1 Å². The largest absolute Gasteiger partial charge is 0.396 e. The zero-order valence-electron chi connectivity index (χ0n) is 9.11. The van der Waals surface area contributed by atoms with Gasteiger partial charge < -0.3 is 11.1 Å². The van der Waals surface area contributed by atoms with Crippen LogP contribution >= 0.6 is 11.3 Å². The van der Waals surface area contributed by atoms with E-state index in [1.54, 1.807) is 11.7 Å². The van der Waals surface area contributed by atoms with E-state index in [2.05, 4.69) is 10.3 Å². The number of nitrogens with two attached hydrogens (primary N) is 1. The van der Waals surface area contributed by atoms with Crippen molar-refractivity contribution < 1.29 is 13.6 Å². The number of hydrogen-bond acceptors (Lipinski definition) is 4. The van der Waals surface area contributed by atoms with Crippen molar-refractivity contribution in [2.75, 3.05) is 5.73 Å². The average Bonchev–Trinajstić information content (AvgIpc) is 2.83. The third kappa shape index (κ3) is 2.62. The molecule has 2 rings (SSSR count). The highest BCUT2D eigenvalue weighted by atomic mass is 32.1. The van der Waals surface area contributed by atoms with Crippen molar-refractivity contribution in [1.29, 1.82) is 0 Å². The van der Waals surface area contributed by atoms with Crippen molar-refractivity contribution in [3.8, 4) is 0 Å². The lowest BCUT2D eigenvalue weighted by molar-refractivity contribution is 0.0947. The van der Waals surface area contributed by atoms with Crippen molar-refractivity contribution in [1.82, 2.24) is 10.3 Å². The van der Waals surface area contributed by atoms with Crippen LogP contribution in [-0.4, -0.2) is 10.9 Å². The summed E-state index contributed by atoms with van der Waals surface area (Å²) in [5, 5.41) is 2.47. The Balaban J connectivity index is 2.14. The summed E-state index contributed by atoms with van der Waals surface area (Å²) in [6.07, 6.45) is 1.58. The van der Waals surface area contributed by atoms with Crippen molar-refractivity contribution in [3.63, 3.8) is 0 Å². The van der Waals surface area contributed by atoms with Gasteiger partial charge in [-0.15, -0.1) is 11.3 Å². The van der Waals surface area contributed by atoms with Crippen LogP contribution in [0.4, 0.5) is 14.5 Å². The normalized spacial score (nSPS) is 10.3. The molecule has 0 saturated heterocycles. The van der Waals surface area contributed by atoms with Crippen LogP contribution in [0.3, 0.4) is 0 Å². The maximum Gasteiger partial charge on any atom is 0.254 e. The number of rotatable bonds is 3. The van der Waals surface area contributed by atoms with Gasteiger partial charge in [-0.2, -0.15) is 0 Å². The zero-order valence-corrected chi connectivity index (χ0v) is 9.93. The van der Waals surface area contributed by atoms with E-state index in [1.165, 1.54) is 11.3 Å². The van der Waals surface area contributed by atoms with Crippen molar-refractivity contribution in [3.05, 3.63) is 45.9 Å². The first-order chi connectivity index (χ1) is 8.58. The lowest BCUT2D eigenvalue weighted by Gasteiger charge is -2.06. The molecule has 0 bridgehead atoms. The molecule has 0 aliphatic carbocycles. The minimum atomic E-state index is -0.918. The molecule has 1 heterocycles. The van der Waals surface area contributed by atoms with E-state index < -0.39 is 28.8 Å². The maximum absolute atomic E-state index is 13.5. The Hall–Kier alpha value is -2.02. The van der Waals surface area contributed by atoms with Crippen LogP contribution in [0.5, 0.6) is 0 Å². The van der Waals surface area contributed by atoms with Crippen molar-refractivity contribution in [2.45, 2.75) is 6.54 Å². The molecule has 0 atom stereocenters. The number of aromatic nitrogens is 1. The van der Waals surface area contributed by atoms with E-state index in [0.29, 0.717) is 0 Å². The van der Waals surface area contributed by atoms with Gasteiger partial charge in [-0.1, -0.05) is 0 Å². The minimum absolute atomic E-state index is 0.208. The Kier molecular flexibility index (Phi) is 3.52. The Labute approximate surface area is 105 Å². The highest BCUT2D eigenvalue weighted by molar-refractivity contribution is 7.09. The van der Waals surface area contributed by atoms with Crippen LogP contribution in [0.2, 0.25) is 0 Å². The summed E-state index contributed by atoms with van der Waals surface area (Å²) in [5.74, 6) is -2.39. The lowest BCUT2D eigenvalue weighted by atomic mass is 10.1. The second kappa shape index (κ2) is 5.09. The fourth-order valence-corrected chi connectivity index (χ4v) is 1.90. The van der Waals surface area contributed by atoms with Gasteiger partial charge in [0.05, 0.1) is 23.3 Å². The van der Waals surface area contributed by atoms with Gasteiger partial charge in [-0.3, -0.25) is 9.78 Å². The molecule has 0 radical (unpaired) electrons. The lowest BCUT2D eigenvalue weighted by Crippen LogP contribution is -2.24. The van der Waals surface area contributed by atoms with E-state index in [-0.39, 0.29) is 6.54 Å². The average molecular weight is 269 g/mol. The topological polar surface area (TPSA) is 68.0 Å². The molecule has 1 aromatic heterocycles. The van der Waals surface area contributed by atoms with Gasteiger partial charge in [0.15, 0.2) is 5.82 Å². The molecule has 1 aromatic carbocycles. The molecule has 2 aromatic rings. The SMILES string of the molecule is Nc1cc(F)cc(C(=O)NCc2cncs2)c1F. The smallest absolute Gasteiger partial charge is 0.254 e. The van der Waals surface area contributed by atoms with Gasteiger partial charge >= 0.3 is 0 Å². The molecule has 0 aliphatic heterocycles.